The highest BCUT2D eigenvalue weighted by molar-refractivity contribution is 5.93. The van der Waals surface area contributed by atoms with Crippen LogP contribution in [0.25, 0.3) is 11.0 Å². The lowest BCUT2D eigenvalue weighted by molar-refractivity contribution is 0.0908. The van der Waals surface area contributed by atoms with Crippen molar-refractivity contribution in [3.8, 4) is 5.75 Å². The molecule has 1 atom stereocenters. The zero-order valence-electron chi connectivity index (χ0n) is 17.0. The Morgan fingerprint density at radius 1 is 1.10 bits per heavy atom. The van der Waals surface area contributed by atoms with Crippen LogP contribution in [0.15, 0.2) is 63.8 Å². The number of ether oxygens (including phenoxy) is 1. The van der Waals surface area contributed by atoms with Gasteiger partial charge in [0.05, 0.1) is 18.5 Å². The third kappa shape index (κ3) is 4.66. The van der Waals surface area contributed by atoms with E-state index in [1.807, 2.05) is 24.3 Å². The van der Waals surface area contributed by atoms with Crippen LogP contribution in [0, 0.1) is 0 Å². The molecule has 0 bridgehead atoms. The number of fused-ring (bicyclic) bond motifs is 1. The van der Waals surface area contributed by atoms with Gasteiger partial charge in [-0.25, -0.2) is 0 Å². The average molecular weight is 394 g/mol. The molecule has 0 aliphatic carbocycles. The van der Waals surface area contributed by atoms with Crippen LogP contribution in [-0.2, 0) is 0 Å². The van der Waals surface area contributed by atoms with Gasteiger partial charge < -0.3 is 14.5 Å². The summed E-state index contributed by atoms with van der Waals surface area (Å²) in [6.45, 7) is 6.21. The molecule has 0 aliphatic heterocycles. The molecule has 152 valence electrons. The van der Waals surface area contributed by atoms with Crippen LogP contribution in [0.5, 0.6) is 5.75 Å². The van der Waals surface area contributed by atoms with E-state index in [1.54, 1.807) is 31.4 Å². The second kappa shape index (κ2) is 9.39. The normalized spacial score (nSPS) is 12.1. The summed E-state index contributed by atoms with van der Waals surface area (Å²) in [6.07, 6.45) is 0. The minimum atomic E-state index is -0.409. The van der Waals surface area contributed by atoms with Gasteiger partial charge in [-0.15, -0.1) is 0 Å². The first-order chi connectivity index (χ1) is 14.1. The molecule has 1 aromatic heterocycles. The summed E-state index contributed by atoms with van der Waals surface area (Å²) >= 11 is 0. The molecule has 1 unspecified atom stereocenters. The minimum absolute atomic E-state index is 0.0117. The van der Waals surface area contributed by atoms with E-state index in [0.717, 1.165) is 24.4 Å². The Bertz CT molecular complexity index is 1040. The maximum atomic E-state index is 12.7. The topological polar surface area (TPSA) is 71.8 Å². The first-order valence-electron chi connectivity index (χ1n) is 9.76. The fourth-order valence-corrected chi connectivity index (χ4v) is 3.46. The monoisotopic (exact) mass is 394 g/mol. The highest BCUT2D eigenvalue weighted by Gasteiger charge is 2.21. The predicted octanol–water partition coefficient (Wildman–Crippen LogP) is 3.61. The number of carbonyl (C=O) groups excluding carboxylic acids is 1. The summed E-state index contributed by atoms with van der Waals surface area (Å²) in [6, 6.07) is 15.9. The summed E-state index contributed by atoms with van der Waals surface area (Å²) in [5, 5.41) is 3.38. The maximum absolute atomic E-state index is 12.7. The Kier molecular flexibility index (Phi) is 6.67. The molecular formula is C23H26N2O4. The molecule has 3 rings (SSSR count). The number of nitrogens with zero attached hydrogens (tertiary/aromatic N) is 1. The van der Waals surface area contributed by atoms with Crippen molar-refractivity contribution < 1.29 is 13.9 Å². The number of hydrogen-bond donors (Lipinski definition) is 1. The van der Waals surface area contributed by atoms with Crippen LogP contribution < -0.4 is 15.5 Å². The third-order valence-electron chi connectivity index (χ3n) is 5.05. The smallest absolute Gasteiger partial charge is 0.287 e. The van der Waals surface area contributed by atoms with E-state index < -0.39 is 5.91 Å². The van der Waals surface area contributed by atoms with Gasteiger partial charge in [-0.3, -0.25) is 14.5 Å². The van der Waals surface area contributed by atoms with Crippen molar-refractivity contribution in [3.63, 3.8) is 0 Å². The molecule has 0 saturated heterocycles. The summed E-state index contributed by atoms with van der Waals surface area (Å²) in [5.41, 5.74) is 1.22. The lowest BCUT2D eigenvalue weighted by atomic mass is 10.0. The molecule has 1 N–H and O–H groups in total. The second-order valence-electron chi connectivity index (χ2n) is 6.69. The highest BCUT2D eigenvalue weighted by Crippen LogP contribution is 2.24. The highest BCUT2D eigenvalue weighted by atomic mass is 16.5. The van der Waals surface area contributed by atoms with Gasteiger partial charge in [-0.1, -0.05) is 38.1 Å². The average Bonchev–Trinajstić information content (AvgIpc) is 2.76. The summed E-state index contributed by atoms with van der Waals surface area (Å²) in [4.78, 5) is 27.2. The van der Waals surface area contributed by atoms with E-state index in [0.29, 0.717) is 17.5 Å². The molecule has 29 heavy (non-hydrogen) atoms. The molecule has 6 nitrogen and oxygen atoms in total. The fourth-order valence-electron chi connectivity index (χ4n) is 3.46. The third-order valence-corrected chi connectivity index (χ3v) is 5.05. The van der Waals surface area contributed by atoms with E-state index in [-0.39, 0.29) is 17.2 Å². The number of methoxy groups -OCH3 is 1. The lowest BCUT2D eigenvalue weighted by Gasteiger charge is -2.30. The number of likely N-dealkylation sites (N-methyl/N-ethyl adjacent to an activating group) is 1. The lowest BCUT2D eigenvalue weighted by Crippen LogP contribution is -2.38. The Balaban J connectivity index is 1.83. The van der Waals surface area contributed by atoms with E-state index in [4.69, 9.17) is 9.15 Å². The molecule has 0 radical (unpaired) electrons. The van der Waals surface area contributed by atoms with Crippen molar-refractivity contribution in [1.82, 2.24) is 10.2 Å². The van der Waals surface area contributed by atoms with Crippen LogP contribution in [-0.4, -0.2) is 37.6 Å². The van der Waals surface area contributed by atoms with Crippen molar-refractivity contribution in [1.29, 1.82) is 0 Å². The summed E-state index contributed by atoms with van der Waals surface area (Å²) < 4.78 is 11.0. The number of para-hydroxylation sites is 1. The maximum Gasteiger partial charge on any atom is 0.287 e. The summed E-state index contributed by atoms with van der Waals surface area (Å²) in [7, 11) is 1.63. The first kappa shape index (κ1) is 20.6. The van der Waals surface area contributed by atoms with Gasteiger partial charge >= 0.3 is 0 Å². The number of rotatable bonds is 8. The van der Waals surface area contributed by atoms with Crippen molar-refractivity contribution >= 4 is 16.9 Å². The van der Waals surface area contributed by atoms with Gasteiger partial charge in [0.2, 0.25) is 0 Å². The van der Waals surface area contributed by atoms with E-state index >= 15 is 0 Å². The second-order valence-corrected chi connectivity index (χ2v) is 6.69. The van der Waals surface area contributed by atoms with Crippen LogP contribution >= 0.6 is 0 Å². The van der Waals surface area contributed by atoms with E-state index in [2.05, 4.69) is 24.1 Å². The molecule has 1 amide bonds. The standard InChI is InChI=1S/C23H26N2O4/c1-4-25(5-2)19(16-9-8-10-17(13-16)28-3)15-24-23(27)22-14-20(26)18-11-6-7-12-21(18)29-22/h6-14,19H,4-5,15H2,1-3H3,(H,24,27). The number of hydrogen-bond acceptors (Lipinski definition) is 5. The molecule has 6 heteroatoms. The van der Waals surface area contributed by atoms with Crippen LogP contribution in [0.4, 0.5) is 0 Å². The van der Waals surface area contributed by atoms with Crippen LogP contribution in [0.2, 0.25) is 0 Å². The van der Waals surface area contributed by atoms with Crippen molar-refractivity contribution in [2.75, 3.05) is 26.7 Å². The minimum Gasteiger partial charge on any atom is -0.497 e. The Morgan fingerprint density at radius 3 is 2.59 bits per heavy atom. The molecule has 1 heterocycles. The zero-order valence-corrected chi connectivity index (χ0v) is 17.0. The first-order valence-corrected chi connectivity index (χ1v) is 9.76. The Morgan fingerprint density at radius 2 is 1.86 bits per heavy atom. The molecule has 3 aromatic rings. The molecule has 0 aliphatic rings. The number of amides is 1. The van der Waals surface area contributed by atoms with Gasteiger partial charge in [-0.05, 0) is 42.9 Å². The quantitative estimate of drug-likeness (QED) is 0.632. The zero-order chi connectivity index (χ0) is 20.8. The van der Waals surface area contributed by atoms with Crippen molar-refractivity contribution in [3.05, 3.63) is 76.1 Å². The van der Waals surface area contributed by atoms with E-state index in [9.17, 15) is 9.59 Å². The van der Waals surface area contributed by atoms with Gasteiger partial charge in [0.1, 0.15) is 11.3 Å². The van der Waals surface area contributed by atoms with Crippen LogP contribution in [0.1, 0.15) is 36.0 Å². The molecule has 0 fully saturated rings. The largest absolute Gasteiger partial charge is 0.497 e. The summed E-state index contributed by atoms with van der Waals surface area (Å²) in [5.74, 6) is 0.372. The Labute approximate surface area is 170 Å². The van der Waals surface area contributed by atoms with Crippen molar-refractivity contribution in [2.24, 2.45) is 0 Å². The van der Waals surface area contributed by atoms with Gasteiger partial charge in [-0.2, -0.15) is 0 Å². The number of benzene rings is 2. The fraction of sp³-hybridized carbons (Fsp3) is 0.304. The number of nitrogens with one attached hydrogen (secondary N) is 1. The SMILES string of the molecule is CCN(CC)C(CNC(=O)c1cc(=O)c2ccccc2o1)c1cccc(OC)c1. The molecular weight excluding hydrogens is 368 g/mol. The van der Waals surface area contributed by atoms with Gasteiger partial charge in [0.15, 0.2) is 11.2 Å². The van der Waals surface area contributed by atoms with Gasteiger partial charge in [0.25, 0.3) is 5.91 Å². The predicted molar refractivity (Wildman–Crippen MR) is 113 cm³/mol. The Hall–Kier alpha value is -3.12. The molecule has 0 saturated carbocycles. The number of carbonyl (C=O) groups is 1. The van der Waals surface area contributed by atoms with Gasteiger partial charge in [0, 0.05) is 12.6 Å². The van der Waals surface area contributed by atoms with Crippen LogP contribution in [0.3, 0.4) is 0 Å². The molecule has 0 spiro atoms. The van der Waals surface area contributed by atoms with Crippen molar-refractivity contribution in [2.45, 2.75) is 19.9 Å². The van der Waals surface area contributed by atoms with E-state index in [1.165, 1.54) is 6.07 Å². The molecule has 2 aromatic carbocycles.